The van der Waals surface area contributed by atoms with Crippen molar-refractivity contribution in [2.75, 3.05) is 7.11 Å². The Bertz CT molecular complexity index is 1200. The topological polar surface area (TPSA) is 9.23 Å². The summed E-state index contributed by atoms with van der Waals surface area (Å²) in [6.45, 7) is 1.55. The van der Waals surface area contributed by atoms with Gasteiger partial charge in [0.1, 0.15) is 11.6 Å². The summed E-state index contributed by atoms with van der Waals surface area (Å²) in [4.78, 5) is 0. The fourth-order valence-corrected chi connectivity index (χ4v) is 7.12. The SMILES string of the molecule is COc1c(F)c(F)[c]([Al]([c]2c(F)cc(F)c(F)c2C)[c]2c(F)cc(F)c(F)c2C)c(F)c1F. The average Bonchev–Trinajstić information content (AvgIpc) is 2.75. The summed E-state index contributed by atoms with van der Waals surface area (Å²) in [7, 11) is 0.688. The van der Waals surface area contributed by atoms with E-state index in [2.05, 4.69) is 4.74 Å². The molecule has 0 spiro atoms. The molecule has 0 heterocycles. The molecule has 0 aliphatic rings. The van der Waals surface area contributed by atoms with Gasteiger partial charge in [-0.3, -0.25) is 0 Å². The molecule has 3 aromatic carbocycles. The fraction of sp³-hybridized carbons (Fsp3) is 0.143. The Morgan fingerprint density at radius 3 is 1.21 bits per heavy atom. The third kappa shape index (κ3) is 3.85. The second-order valence-corrected chi connectivity index (χ2v) is 9.62. The number of ether oxygens (including phenoxy) is 1. The van der Waals surface area contributed by atoms with Gasteiger partial charge in [0.05, 0.1) is 7.11 Å². The maximum Gasteiger partial charge on any atom is 0.403 e. The highest BCUT2D eigenvalue weighted by molar-refractivity contribution is 6.96. The number of methoxy groups -OCH3 is 1. The summed E-state index contributed by atoms with van der Waals surface area (Å²) in [5, 5.41) is 0. The molecule has 0 aliphatic carbocycles. The summed E-state index contributed by atoms with van der Waals surface area (Å²) in [5.74, 6) is -20.0. The van der Waals surface area contributed by atoms with Crippen molar-refractivity contribution >= 4 is 27.4 Å². The standard InChI is InChI=1S/C7H3F4O.2C7H4F3.Al/c1-12-7-5(10)3(8)2-4(9)6(7)11;2*1-4-2-5(8)3-6(9)7(4)10;/h1H3;2*3H,1H3;. The van der Waals surface area contributed by atoms with Crippen molar-refractivity contribution in [3.63, 3.8) is 0 Å². The van der Waals surface area contributed by atoms with Gasteiger partial charge in [0, 0.05) is 12.1 Å². The van der Waals surface area contributed by atoms with Crippen molar-refractivity contribution < 1.29 is 48.6 Å². The van der Waals surface area contributed by atoms with Crippen LogP contribution in [0.15, 0.2) is 12.1 Å². The molecule has 0 unspecified atom stereocenters. The molecule has 0 atom stereocenters. The van der Waals surface area contributed by atoms with Gasteiger partial charge in [0.2, 0.25) is 11.6 Å². The smallest absolute Gasteiger partial charge is 0.403 e. The first kappa shape index (κ1) is 24.9. The minimum absolute atomic E-state index is 0.0170. The van der Waals surface area contributed by atoms with E-state index in [0.717, 1.165) is 13.8 Å². The van der Waals surface area contributed by atoms with Crippen molar-refractivity contribution in [1.29, 1.82) is 0 Å². The summed E-state index contributed by atoms with van der Waals surface area (Å²) in [5.41, 5.74) is -1.80. The van der Waals surface area contributed by atoms with Crippen LogP contribution in [0.2, 0.25) is 0 Å². The van der Waals surface area contributed by atoms with Crippen LogP contribution in [-0.2, 0) is 0 Å². The molecule has 0 fully saturated rings. The Hall–Kier alpha value is -2.71. The number of benzene rings is 3. The number of hydrogen-bond donors (Lipinski definition) is 0. The average molecular weight is 496 g/mol. The quantitative estimate of drug-likeness (QED) is 0.299. The first-order chi connectivity index (χ1) is 15.3. The van der Waals surface area contributed by atoms with Crippen LogP contribution in [0.1, 0.15) is 11.1 Å². The van der Waals surface area contributed by atoms with Crippen molar-refractivity contribution in [1.82, 2.24) is 0 Å². The molecular weight excluding hydrogens is 485 g/mol. The number of rotatable bonds is 4. The van der Waals surface area contributed by atoms with E-state index >= 15 is 0 Å². The lowest BCUT2D eigenvalue weighted by Gasteiger charge is -2.22. The molecule has 3 aromatic rings. The molecule has 0 aromatic heterocycles. The van der Waals surface area contributed by atoms with E-state index in [9.17, 15) is 43.9 Å². The zero-order valence-corrected chi connectivity index (χ0v) is 18.1. The predicted octanol–water partition coefficient (Wildman–Crippen LogP) is 4.22. The largest absolute Gasteiger partial charge is 0.491 e. The Labute approximate surface area is 184 Å². The van der Waals surface area contributed by atoms with Gasteiger partial charge in [-0.1, -0.05) is 8.85 Å². The lowest BCUT2D eigenvalue weighted by Crippen LogP contribution is -2.59. The summed E-state index contributed by atoms with van der Waals surface area (Å²) >= 11 is -4.58. The van der Waals surface area contributed by atoms with Gasteiger partial charge < -0.3 is 4.74 Å². The van der Waals surface area contributed by atoms with Gasteiger partial charge in [-0.05, 0) is 29.4 Å². The third-order valence-corrected chi connectivity index (χ3v) is 8.89. The van der Waals surface area contributed by atoms with E-state index in [1.54, 1.807) is 0 Å². The maximum absolute atomic E-state index is 15.0. The van der Waals surface area contributed by atoms with Gasteiger partial charge in [-0.25, -0.2) is 35.1 Å². The Morgan fingerprint density at radius 2 is 0.879 bits per heavy atom. The van der Waals surface area contributed by atoms with Crippen LogP contribution in [0.4, 0.5) is 43.9 Å². The van der Waals surface area contributed by atoms with Crippen molar-refractivity contribution in [2.45, 2.75) is 13.8 Å². The minimum Gasteiger partial charge on any atom is -0.491 e. The summed E-state index contributed by atoms with van der Waals surface area (Å²) < 4.78 is 145. The van der Waals surface area contributed by atoms with E-state index in [4.69, 9.17) is 0 Å². The van der Waals surface area contributed by atoms with Gasteiger partial charge in [0.15, 0.2) is 40.7 Å². The highest BCUT2D eigenvalue weighted by Crippen LogP contribution is 2.26. The lowest BCUT2D eigenvalue weighted by atomic mass is 10.2. The van der Waals surface area contributed by atoms with Crippen LogP contribution in [0, 0.1) is 72.0 Å². The first-order valence-electron chi connectivity index (χ1n) is 9.02. The Kier molecular flexibility index (Phi) is 6.73. The lowest BCUT2D eigenvalue weighted by molar-refractivity contribution is 0.335. The van der Waals surface area contributed by atoms with Gasteiger partial charge in [-0.15, -0.1) is 0 Å². The fourth-order valence-electron chi connectivity index (χ4n) is 3.66. The molecule has 0 aliphatic heterocycles. The van der Waals surface area contributed by atoms with Crippen molar-refractivity contribution in [3.8, 4) is 5.75 Å². The van der Waals surface area contributed by atoms with E-state index in [1.807, 2.05) is 0 Å². The highest BCUT2D eigenvalue weighted by atomic mass is 27.2. The molecule has 1 nitrogen and oxygen atoms in total. The van der Waals surface area contributed by atoms with E-state index in [-0.39, 0.29) is 12.1 Å². The minimum atomic E-state index is -4.58. The van der Waals surface area contributed by atoms with E-state index < -0.39 is 102 Å². The molecule has 0 saturated heterocycles. The number of halogens is 10. The summed E-state index contributed by atoms with van der Waals surface area (Å²) in [6.07, 6.45) is 0. The zero-order chi connectivity index (χ0) is 24.9. The van der Waals surface area contributed by atoms with Gasteiger partial charge in [-0.2, -0.15) is 8.78 Å². The van der Waals surface area contributed by atoms with Crippen LogP contribution < -0.4 is 18.0 Å². The second-order valence-electron chi connectivity index (χ2n) is 7.02. The molecule has 0 bridgehead atoms. The second kappa shape index (κ2) is 8.91. The Morgan fingerprint density at radius 1 is 0.515 bits per heavy atom. The van der Waals surface area contributed by atoms with Crippen LogP contribution in [0.5, 0.6) is 5.75 Å². The maximum atomic E-state index is 15.0. The third-order valence-electron chi connectivity index (χ3n) is 5.23. The molecule has 33 heavy (non-hydrogen) atoms. The summed E-state index contributed by atoms with van der Waals surface area (Å²) in [6, 6.07) is -0.0341. The normalized spacial score (nSPS) is 11.2. The van der Waals surface area contributed by atoms with Crippen LogP contribution >= 0.6 is 0 Å². The molecule has 0 saturated carbocycles. The molecule has 0 radical (unpaired) electrons. The predicted molar refractivity (Wildman–Crippen MR) is 99.6 cm³/mol. The van der Waals surface area contributed by atoms with Gasteiger partial charge >= 0.3 is 14.1 Å². The zero-order valence-electron chi connectivity index (χ0n) is 16.9. The van der Waals surface area contributed by atoms with Crippen molar-refractivity contribution in [2.24, 2.45) is 0 Å². The highest BCUT2D eigenvalue weighted by Gasteiger charge is 2.43. The van der Waals surface area contributed by atoms with Gasteiger partial charge in [0.25, 0.3) is 0 Å². The Balaban J connectivity index is 2.60. The monoisotopic (exact) mass is 496 g/mol. The first-order valence-corrected chi connectivity index (χ1v) is 10.8. The molecule has 0 N–H and O–H groups in total. The molecular formula is C21H11AlF10O. The van der Waals surface area contributed by atoms with E-state index in [0.29, 0.717) is 7.11 Å². The van der Waals surface area contributed by atoms with E-state index in [1.165, 1.54) is 0 Å². The number of hydrogen-bond acceptors (Lipinski definition) is 1. The molecule has 174 valence electrons. The van der Waals surface area contributed by atoms with Crippen LogP contribution in [0.3, 0.4) is 0 Å². The van der Waals surface area contributed by atoms with Crippen LogP contribution in [-0.4, -0.2) is 21.3 Å². The molecule has 12 heteroatoms. The molecule has 0 amide bonds. The molecule has 3 rings (SSSR count). The van der Waals surface area contributed by atoms with Crippen LogP contribution in [0.25, 0.3) is 0 Å². The van der Waals surface area contributed by atoms with Crippen molar-refractivity contribution in [3.05, 3.63) is 81.4 Å².